The van der Waals surface area contributed by atoms with Crippen molar-refractivity contribution in [3.05, 3.63) is 34.9 Å². The Kier molecular flexibility index (Phi) is 5.59. The molecule has 1 aromatic rings. The molecule has 1 unspecified atom stereocenters. The number of ether oxygens (including phenoxy) is 1. The summed E-state index contributed by atoms with van der Waals surface area (Å²) in [7, 11) is 1.68. The molecule has 1 aromatic carbocycles. The van der Waals surface area contributed by atoms with Crippen molar-refractivity contribution < 1.29 is 9.53 Å². The van der Waals surface area contributed by atoms with E-state index in [1.165, 1.54) is 18.1 Å². The van der Waals surface area contributed by atoms with Gasteiger partial charge in [-0.25, -0.2) is 4.31 Å². The summed E-state index contributed by atoms with van der Waals surface area (Å²) in [5.74, 6) is -0.217. The van der Waals surface area contributed by atoms with Gasteiger partial charge in [-0.05, 0) is 37.6 Å². The number of esters is 1. The normalized spacial score (nSPS) is 19.8. The van der Waals surface area contributed by atoms with Crippen LogP contribution < -0.4 is 0 Å². The first-order chi connectivity index (χ1) is 9.81. The van der Waals surface area contributed by atoms with Gasteiger partial charge in [0.15, 0.2) is 0 Å². The maximum Gasteiger partial charge on any atom is 0.303 e. The molecule has 1 atom stereocenters. The number of halogens is 1. The fraction of sp³-hybridized carbons (Fsp3) is 0.562. The predicted octanol–water partition coefficient (Wildman–Crippen LogP) is 4.44. The van der Waals surface area contributed by atoms with Gasteiger partial charge >= 0.3 is 5.97 Å². The number of carbonyl (C=O) groups is 1. The van der Waals surface area contributed by atoms with E-state index in [1.807, 2.05) is 0 Å². The molecule has 116 valence electrons. The second-order valence-corrected chi connectivity index (χ2v) is 8.30. The lowest BCUT2D eigenvalue weighted by molar-refractivity contribution is -0.147. The second-order valence-electron chi connectivity index (χ2n) is 6.47. The van der Waals surface area contributed by atoms with Crippen molar-refractivity contribution in [2.24, 2.45) is 0 Å². The third kappa shape index (κ3) is 4.36. The molecule has 0 fully saturated rings. The van der Waals surface area contributed by atoms with E-state index in [2.05, 4.69) is 64.5 Å². The Morgan fingerprint density at radius 2 is 2.14 bits per heavy atom. The topological polar surface area (TPSA) is 29.5 Å². The third-order valence-corrected chi connectivity index (χ3v) is 5.96. The molecule has 0 N–H and O–H groups in total. The summed E-state index contributed by atoms with van der Waals surface area (Å²) in [4.78, 5) is 11.4. The first-order valence-corrected chi connectivity index (χ1v) is 10.5. The van der Waals surface area contributed by atoms with E-state index in [0.29, 0.717) is 0 Å². The minimum absolute atomic E-state index is 0.135. The van der Waals surface area contributed by atoms with Gasteiger partial charge in [0.25, 0.3) is 0 Å². The molecule has 0 bridgehead atoms. The summed E-state index contributed by atoms with van der Waals surface area (Å²) < 4.78 is 7.81. The third-order valence-electron chi connectivity index (χ3n) is 3.76. The molecule has 0 aromatic heterocycles. The molecular weight excluding hydrogens is 397 g/mol. The Labute approximate surface area is 143 Å². The molecule has 0 amide bonds. The highest BCUT2D eigenvalue weighted by atomic mass is 127. The molecule has 0 saturated carbocycles. The Bertz CT molecular complexity index is 527. The van der Waals surface area contributed by atoms with Crippen molar-refractivity contribution in [3.8, 4) is 0 Å². The largest absolute Gasteiger partial charge is 0.456 e. The van der Waals surface area contributed by atoms with Gasteiger partial charge in [0, 0.05) is 34.7 Å². The number of hydrogen-bond donors (Lipinski definition) is 0. The summed E-state index contributed by atoms with van der Waals surface area (Å²) in [5, 5.41) is 0. The van der Waals surface area contributed by atoms with Crippen LogP contribution in [-0.2, 0) is 21.4 Å². The zero-order valence-corrected chi connectivity index (χ0v) is 16.0. The van der Waals surface area contributed by atoms with E-state index in [4.69, 9.17) is 4.74 Å². The van der Waals surface area contributed by atoms with E-state index in [1.54, 1.807) is 9.12 Å². The molecule has 3 nitrogen and oxygen atoms in total. The van der Waals surface area contributed by atoms with Crippen LogP contribution in [0.3, 0.4) is 0 Å². The quantitative estimate of drug-likeness (QED) is 0.403. The number of hydrogen-bond acceptors (Lipinski definition) is 4. The van der Waals surface area contributed by atoms with Gasteiger partial charge in [-0.2, -0.15) is 0 Å². The minimum Gasteiger partial charge on any atom is -0.456 e. The van der Waals surface area contributed by atoms with Crippen LogP contribution in [0.4, 0.5) is 0 Å². The second kappa shape index (κ2) is 6.87. The lowest BCUT2D eigenvalue weighted by Crippen LogP contribution is -2.23. The van der Waals surface area contributed by atoms with Crippen molar-refractivity contribution in [2.75, 3.05) is 13.1 Å². The van der Waals surface area contributed by atoms with Crippen LogP contribution in [0.5, 0.6) is 0 Å². The van der Waals surface area contributed by atoms with Crippen LogP contribution in [0.15, 0.2) is 18.2 Å². The smallest absolute Gasteiger partial charge is 0.303 e. The molecule has 0 radical (unpaired) electrons. The molecule has 5 heteroatoms. The number of fused-ring (bicyclic) bond motifs is 1. The summed E-state index contributed by atoms with van der Waals surface area (Å²) in [6.07, 6.45) is 0.823. The van der Waals surface area contributed by atoms with Crippen molar-refractivity contribution in [3.63, 3.8) is 0 Å². The minimum atomic E-state index is -0.217. The van der Waals surface area contributed by atoms with Crippen LogP contribution in [0.1, 0.15) is 50.5 Å². The summed E-state index contributed by atoms with van der Waals surface area (Å²) in [6, 6.07) is 6.60. The SMILES string of the molecule is CC(=O)OC1CN(SI)CCc2cc(C(C)(C)C)ccc21. The maximum atomic E-state index is 11.4. The molecule has 0 spiro atoms. The van der Waals surface area contributed by atoms with E-state index >= 15 is 0 Å². The monoisotopic (exact) mass is 419 g/mol. The van der Waals surface area contributed by atoms with E-state index in [-0.39, 0.29) is 17.5 Å². The Morgan fingerprint density at radius 3 is 2.71 bits per heavy atom. The fourth-order valence-corrected chi connectivity index (χ4v) is 4.01. The van der Waals surface area contributed by atoms with Crippen molar-refractivity contribution in [1.29, 1.82) is 0 Å². The molecular formula is C16H22INO2S. The van der Waals surface area contributed by atoms with Crippen LogP contribution >= 0.6 is 30.3 Å². The highest BCUT2D eigenvalue weighted by molar-refractivity contribution is 14.2. The van der Waals surface area contributed by atoms with Crippen molar-refractivity contribution in [1.82, 2.24) is 4.31 Å². The van der Waals surface area contributed by atoms with Gasteiger partial charge < -0.3 is 4.74 Å². The van der Waals surface area contributed by atoms with Gasteiger partial charge in [-0.15, -0.1) is 0 Å². The van der Waals surface area contributed by atoms with Crippen molar-refractivity contribution in [2.45, 2.75) is 45.6 Å². The van der Waals surface area contributed by atoms with Gasteiger partial charge in [-0.3, -0.25) is 4.79 Å². The average molecular weight is 419 g/mol. The summed E-state index contributed by atoms with van der Waals surface area (Å²) in [5.41, 5.74) is 3.93. The van der Waals surface area contributed by atoms with Crippen LogP contribution in [-0.4, -0.2) is 23.4 Å². The van der Waals surface area contributed by atoms with Crippen LogP contribution in [0.2, 0.25) is 0 Å². The standard InChI is InChI=1S/C16H22INO2S/c1-11(19)20-15-10-18(21-17)8-7-12-9-13(16(2,3)4)5-6-14(12)15/h5-6,9,15H,7-8,10H2,1-4H3. The maximum absolute atomic E-state index is 11.4. The van der Waals surface area contributed by atoms with Crippen LogP contribution in [0, 0.1) is 0 Å². The predicted molar refractivity (Wildman–Crippen MR) is 96.5 cm³/mol. The van der Waals surface area contributed by atoms with E-state index < -0.39 is 0 Å². The van der Waals surface area contributed by atoms with Crippen molar-refractivity contribution >= 4 is 36.3 Å². The number of benzene rings is 1. The van der Waals surface area contributed by atoms with E-state index in [9.17, 15) is 4.79 Å². The molecule has 21 heavy (non-hydrogen) atoms. The first kappa shape index (κ1) is 17.1. The summed E-state index contributed by atoms with van der Waals surface area (Å²) >= 11 is 2.29. The zero-order valence-electron chi connectivity index (χ0n) is 13.0. The zero-order chi connectivity index (χ0) is 15.6. The summed E-state index contributed by atoms with van der Waals surface area (Å²) in [6.45, 7) is 9.88. The Balaban J connectivity index is 2.39. The molecule has 1 heterocycles. The average Bonchev–Trinajstić information content (AvgIpc) is 2.56. The first-order valence-electron chi connectivity index (χ1n) is 7.15. The highest BCUT2D eigenvalue weighted by Crippen LogP contribution is 2.34. The van der Waals surface area contributed by atoms with Gasteiger partial charge in [0.2, 0.25) is 0 Å². The molecule has 2 rings (SSSR count). The number of rotatable bonds is 2. The molecule has 1 aliphatic heterocycles. The molecule has 0 aliphatic carbocycles. The molecule has 0 saturated heterocycles. The number of carbonyl (C=O) groups excluding carboxylic acids is 1. The molecule has 1 aliphatic rings. The Hall–Kier alpha value is -0.270. The number of nitrogens with zero attached hydrogens (tertiary/aromatic N) is 1. The van der Waals surface area contributed by atoms with E-state index in [0.717, 1.165) is 25.1 Å². The highest BCUT2D eigenvalue weighted by Gasteiger charge is 2.26. The van der Waals surface area contributed by atoms with Gasteiger partial charge in [-0.1, -0.05) is 39.0 Å². The Morgan fingerprint density at radius 1 is 1.43 bits per heavy atom. The fourth-order valence-electron chi connectivity index (χ4n) is 2.59. The lowest BCUT2D eigenvalue weighted by atomic mass is 9.84. The van der Waals surface area contributed by atoms with Crippen LogP contribution in [0.25, 0.3) is 0 Å². The lowest BCUT2D eigenvalue weighted by Gasteiger charge is -2.23. The van der Waals surface area contributed by atoms with Gasteiger partial charge in [0.05, 0.1) is 6.54 Å². The van der Waals surface area contributed by atoms with Gasteiger partial charge in [0.1, 0.15) is 6.10 Å².